The Morgan fingerprint density at radius 1 is 0.556 bits per heavy atom. The molecule has 0 heterocycles. The molecule has 0 saturated carbocycles. The van der Waals surface area contributed by atoms with Crippen LogP contribution in [0.1, 0.15) is 220 Å². The van der Waals surface area contributed by atoms with Crippen LogP contribution < -0.4 is 5.32 Å². The Hall–Kier alpha value is -2.18. The number of carbonyl (C=O) groups excluding carboxylic acids is 2. The van der Waals surface area contributed by atoms with Crippen molar-refractivity contribution in [3.63, 3.8) is 0 Å². The first-order valence-corrected chi connectivity index (χ1v) is 22.9. The molecule has 0 aliphatic carbocycles. The van der Waals surface area contributed by atoms with Crippen molar-refractivity contribution in [1.82, 2.24) is 5.32 Å². The van der Waals surface area contributed by atoms with E-state index in [1.165, 1.54) is 116 Å². The lowest BCUT2D eigenvalue weighted by atomic mass is 10.0. The third-order valence-corrected chi connectivity index (χ3v) is 10.2. The van der Waals surface area contributed by atoms with E-state index in [2.05, 4.69) is 62.5 Å². The van der Waals surface area contributed by atoms with Crippen LogP contribution in [0.4, 0.5) is 0 Å². The number of rotatable bonds is 40. The second-order valence-corrected chi connectivity index (χ2v) is 15.5. The molecule has 0 saturated heterocycles. The van der Waals surface area contributed by atoms with E-state index in [1.807, 2.05) is 12.2 Å². The van der Waals surface area contributed by atoms with Gasteiger partial charge in [0.15, 0.2) is 0 Å². The molecule has 1 amide bonds. The van der Waals surface area contributed by atoms with Gasteiger partial charge in [-0.3, -0.25) is 9.59 Å². The molecule has 314 valence electrons. The number of carbonyl (C=O) groups is 2. The zero-order valence-electron chi connectivity index (χ0n) is 35.6. The topological polar surface area (TPSA) is 95.9 Å². The highest BCUT2D eigenvalue weighted by Crippen LogP contribution is 2.16. The molecule has 0 aliphatic heterocycles. The summed E-state index contributed by atoms with van der Waals surface area (Å²) in [6.45, 7) is 6.38. The van der Waals surface area contributed by atoms with E-state index >= 15 is 0 Å². The van der Waals surface area contributed by atoms with E-state index in [-0.39, 0.29) is 24.9 Å². The lowest BCUT2D eigenvalue weighted by Crippen LogP contribution is -2.46. The molecule has 0 aromatic rings. The van der Waals surface area contributed by atoms with Crippen molar-refractivity contribution >= 4 is 11.9 Å². The summed E-state index contributed by atoms with van der Waals surface area (Å²) in [6.07, 6.45) is 49.0. The van der Waals surface area contributed by atoms with Crippen molar-refractivity contribution < 1.29 is 24.5 Å². The number of hydrogen-bond acceptors (Lipinski definition) is 5. The molecule has 6 nitrogen and oxygen atoms in total. The normalized spacial score (nSPS) is 13.8. The molecular weight excluding hydrogens is 671 g/mol. The van der Waals surface area contributed by atoms with E-state index < -0.39 is 18.2 Å². The van der Waals surface area contributed by atoms with E-state index in [0.29, 0.717) is 19.3 Å². The van der Waals surface area contributed by atoms with Gasteiger partial charge in [0.2, 0.25) is 5.91 Å². The Balaban J connectivity index is 4.74. The summed E-state index contributed by atoms with van der Waals surface area (Å²) in [4.78, 5) is 25.9. The molecule has 0 fully saturated rings. The molecule has 0 radical (unpaired) electrons. The van der Waals surface area contributed by atoms with Crippen LogP contribution in [0, 0.1) is 0 Å². The molecule has 6 heteroatoms. The van der Waals surface area contributed by atoms with E-state index in [4.69, 9.17) is 4.74 Å². The summed E-state index contributed by atoms with van der Waals surface area (Å²) in [6, 6.07) is -0.726. The third-order valence-electron chi connectivity index (χ3n) is 10.2. The number of aliphatic hydroxyl groups is 2. The average molecular weight is 758 g/mol. The molecule has 0 aromatic heterocycles. The Labute approximate surface area is 334 Å². The van der Waals surface area contributed by atoms with Crippen LogP contribution in [0.5, 0.6) is 0 Å². The SMILES string of the molecule is CCCCC/C=C\C/C=C\C/C=C\C/C=C\CC(CC(=O)NC(CO)C(O)CCCCCCCCCCCCC)OC(=O)CCCCCCCCCCC. The van der Waals surface area contributed by atoms with Crippen molar-refractivity contribution in [2.75, 3.05) is 6.61 Å². The molecule has 3 N–H and O–H groups in total. The van der Waals surface area contributed by atoms with Gasteiger partial charge < -0.3 is 20.3 Å². The molecule has 54 heavy (non-hydrogen) atoms. The molecule has 0 spiro atoms. The van der Waals surface area contributed by atoms with Crippen LogP contribution in [-0.4, -0.2) is 46.9 Å². The van der Waals surface area contributed by atoms with E-state index in [1.54, 1.807) is 0 Å². The van der Waals surface area contributed by atoms with Gasteiger partial charge in [-0.05, 0) is 44.9 Å². The smallest absolute Gasteiger partial charge is 0.306 e. The highest BCUT2D eigenvalue weighted by molar-refractivity contribution is 5.77. The molecule has 0 bridgehead atoms. The molecule has 3 atom stereocenters. The van der Waals surface area contributed by atoms with Crippen LogP contribution in [-0.2, 0) is 14.3 Å². The van der Waals surface area contributed by atoms with Crippen molar-refractivity contribution in [3.05, 3.63) is 48.6 Å². The van der Waals surface area contributed by atoms with Gasteiger partial charge in [0.1, 0.15) is 6.10 Å². The van der Waals surface area contributed by atoms with Gasteiger partial charge in [-0.1, -0.05) is 204 Å². The average Bonchev–Trinajstić information content (AvgIpc) is 3.16. The first kappa shape index (κ1) is 51.8. The third kappa shape index (κ3) is 36.8. The summed E-state index contributed by atoms with van der Waals surface area (Å²) in [5.41, 5.74) is 0. The maximum absolute atomic E-state index is 13.1. The second-order valence-electron chi connectivity index (χ2n) is 15.5. The Kier molecular flexibility index (Phi) is 40.3. The van der Waals surface area contributed by atoms with Crippen LogP contribution >= 0.6 is 0 Å². The summed E-state index contributed by atoms with van der Waals surface area (Å²) >= 11 is 0. The largest absolute Gasteiger partial charge is 0.461 e. The zero-order chi connectivity index (χ0) is 39.6. The fourth-order valence-corrected chi connectivity index (χ4v) is 6.64. The minimum absolute atomic E-state index is 0.00316. The van der Waals surface area contributed by atoms with Crippen LogP contribution in [0.2, 0.25) is 0 Å². The molecule has 3 unspecified atom stereocenters. The lowest BCUT2D eigenvalue weighted by Gasteiger charge is -2.24. The number of nitrogens with one attached hydrogen (secondary N) is 1. The quantitative estimate of drug-likeness (QED) is 0.0329. The first-order chi connectivity index (χ1) is 26.5. The van der Waals surface area contributed by atoms with Gasteiger partial charge in [-0.2, -0.15) is 0 Å². The van der Waals surface area contributed by atoms with Gasteiger partial charge >= 0.3 is 5.97 Å². The summed E-state index contributed by atoms with van der Waals surface area (Å²) < 4.78 is 5.82. The van der Waals surface area contributed by atoms with Gasteiger partial charge in [0.25, 0.3) is 0 Å². The maximum Gasteiger partial charge on any atom is 0.306 e. The number of esters is 1. The minimum atomic E-state index is -0.807. The number of ether oxygens (including phenoxy) is 1. The van der Waals surface area contributed by atoms with Crippen LogP contribution in [0.25, 0.3) is 0 Å². The summed E-state index contributed by atoms with van der Waals surface area (Å²) in [5.74, 6) is -0.578. The number of amides is 1. The van der Waals surface area contributed by atoms with Crippen molar-refractivity contribution in [3.8, 4) is 0 Å². The van der Waals surface area contributed by atoms with Gasteiger partial charge in [0.05, 0.1) is 25.2 Å². The minimum Gasteiger partial charge on any atom is -0.461 e. The molecule has 0 aromatic carbocycles. The lowest BCUT2D eigenvalue weighted by molar-refractivity contribution is -0.150. The van der Waals surface area contributed by atoms with Gasteiger partial charge in [-0.15, -0.1) is 0 Å². The second kappa shape index (κ2) is 42.0. The fourth-order valence-electron chi connectivity index (χ4n) is 6.64. The highest BCUT2D eigenvalue weighted by atomic mass is 16.5. The summed E-state index contributed by atoms with van der Waals surface area (Å²) in [7, 11) is 0. The first-order valence-electron chi connectivity index (χ1n) is 22.9. The maximum atomic E-state index is 13.1. The van der Waals surface area contributed by atoms with E-state index in [0.717, 1.165) is 57.8 Å². The Morgan fingerprint density at radius 3 is 1.48 bits per heavy atom. The predicted molar refractivity (Wildman–Crippen MR) is 232 cm³/mol. The Morgan fingerprint density at radius 2 is 0.981 bits per heavy atom. The predicted octanol–water partition coefficient (Wildman–Crippen LogP) is 13.1. The zero-order valence-corrected chi connectivity index (χ0v) is 35.6. The fraction of sp³-hybridized carbons (Fsp3) is 0.792. The summed E-state index contributed by atoms with van der Waals surface area (Å²) in [5, 5.41) is 23.6. The Bertz CT molecular complexity index is 941. The number of allylic oxidation sites excluding steroid dienone is 7. The number of unbranched alkanes of at least 4 members (excludes halogenated alkanes) is 21. The molecule has 0 aliphatic rings. The highest BCUT2D eigenvalue weighted by Gasteiger charge is 2.23. The van der Waals surface area contributed by atoms with Gasteiger partial charge in [-0.25, -0.2) is 0 Å². The molecule has 0 rings (SSSR count). The van der Waals surface area contributed by atoms with Crippen molar-refractivity contribution in [2.45, 2.75) is 238 Å². The number of hydrogen-bond donors (Lipinski definition) is 3. The van der Waals surface area contributed by atoms with Crippen LogP contribution in [0.3, 0.4) is 0 Å². The monoisotopic (exact) mass is 758 g/mol. The van der Waals surface area contributed by atoms with E-state index in [9.17, 15) is 19.8 Å². The number of aliphatic hydroxyl groups excluding tert-OH is 2. The van der Waals surface area contributed by atoms with Crippen molar-refractivity contribution in [1.29, 1.82) is 0 Å². The standard InChI is InChI=1S/C48H87NO5/c1-4-7-10-13-16-19-21-22-23-24-26-28-30-33-36-39-44(54-48(53)41-38-35-32-27-18-15-12-9-6-3)42-47(52)49-45(43-50)46(51)40-37-34-31-29-25-20-17-14-11-8-5-2/h16,19,22-23,26,28,33,36,44-46,50-51H,4-15,17-18,20-21,24-25,27,29-32,34-35,37-43H2,1-3H3,(H,49,52)/b19-16-,23-22-,28-26-,36-33-. The van der Waals surface area contributed by atoms with Gasteiger partial charge in [0, 0.05) is 12.8 Å². The molecular formula is C48H87NO5. The van der Waals surface area contributed by atoms with Crippen LogP contribution in [0.15, 0.2) is 48.6 Å². The van der Waals surface area contributed by atoms with Crippen molar-refractivity contribution in [2.24, 2.45) is 0 Å².